The molecule has 27 heavy (non-hydrogen) atoms. The zero-order chi connectivity index (χ0) is 19.3. The van der Waals surface area contributed by atoms with Crippen LogP contribution in [0.25, 0.3) is 0 Å². The molecule has 0 aromatic heterocycles. The number of hydrogen-bond donors (Lipinski definition) is 3. The number of carbonyl (C=O) groups is 3. The minimum atomic E-state index is -0.960. The molecule has 0 atom stereocenters. The number of carboxylic acid groups (broad SMARTS) is 1. The van der Waals surface area contributed by atoms with Crippen molar-refractivity contribution >= 4 is 23.5 Å². The fraction of sp³-hybridized carbons (Fsp3) is 0.286. The van der Waals surface area contributed by atoms with E-state index in [-0.39, 0.29) is 30.2 Å². The first-order valence-corrected chi connectivity index (χ1v) is 8.94. The Hall–Kier alpha value is -3.15. The van der Waals surface area contributed by atoms with E-state index in [1.54, 1.807) is 24.3 Å². The molecule has 6 nitrogen and oxygen atoms in total. The van der Waals surface area contributed by atoms with E-state index in [1.807, 2.05) is 30.3 Å². The van der Waals surface area contributed by atoms with Crippen molar-refractivity contribution in [3.05, 3.63) is 65.7 Å². The molecule has 3 rings (SSSR count). The molecule has 0 aliphatic heterocycles. The minimum absolute atomic E-state index is 0.00464. The van der Waals surface area contributed by atoms with Crippen molar-refractivity contribution in [2.45, 2.75) is 25.7 Å². The maximum Gasteiger partial charge on any atom is 0.305 e. The number of aliphatic carboxylic acids is 1. The molecule has 1 fully saturated rings. The number of anilines is 1. The van der Waals surface area contributed by atoms with Crippen molar-refractivity contribution in [2.24, 2.45) is 5.41 Å². The lowest BCUT2D eigenvalue weighted by Gasteiger charge is -2.15. The Kier molecular flexibility index (Phi) is 5.54. The van der Waals surface area contributed by atoms with Gasteiger partial charge in [-0.1, -0.05) is 30.3 Å². The SMILES string of the molecule is O=C(O)CCNC(=O)c1ccc(NC(=O)C2(Cc3ccccc3)CC2)cc1. The first-order valence-electron chi connectivity index (χ1n) is 8.94. The summed E-state index contributed by atoms with van der Waals surface area (Å²) in [5.41, 5.74) is 1.87. The van der Waals surface area contributed by atoms with E-state index in [0.717, 1.165) is 24.8 Å². The molecule has 2 aromatic carbocycles. The normalized spacial score (nSPS) is 14.2. The number of carbonyl (C=O) groups excluding carboxylic acids is 2. The highest BCUT2D eigenvalue weighted by molar-refractivity contribution is 5.98. The maximum atomic E-state index is 12.7. The lowest BCUT2D eigenvalue weighted by atomic mass is 9.95. The largest absolute Gasteiger partial charge is 0.481 e. The highest BCUT2D eigenvalue weighted by Crippen LogP contribution is 2.49. The highest BCUT2D eigenvalue weighted by Gasteiger charge is 2.49. The molecule has 2 aromatic rings. The predicted octanol–water partition coefficient (Wildman–Crippen LogP) is 2.85. The summed E-state index contributed by atoms with van der Waals surface area (Å²) in [6, 6.07) is 16.6. The summed E-state index contributed by atoms with van der Waals surface area (Å²) in [7, 11) is 0. The van der Waals surface area contributed by atoms with Crippen LogP contribution in [0.15, 0.2) is 54.6 Å². The first kappa shape index (κ1) is 18.6. The summed E-state index contributed by atoms with van der Waals surface area (Å²) >= 11 is 0. The number of carboxylic acids is 1. The van der Waals surface area contributed by atoms with Gasteiger partial charge in [0, 0.05) is 17.8 Å². The van der Waals surface area contributed by atoms with E-state index in [9.17, 15) is 14.4 Å². The van der Waals surface area contributed by atoms with E-state index in [4.69, 9.17) is 5.11 Å². The van der Waals surface area contributed by atoms with Gasteiger partial charge in [0.25, 0.3) is 5.91 Å². The van der Waals surface area contributed by atoms with Crippen LogP contribution in [0.1, 0.15) is 35.2 Å². The number of benzene rings is 2. The molecule has 0 bridgehead atoms. The Morgan fingerprint density at radius 1 is 0.963 bits per heavy atom. The molecule has 0 radical (unpaired) electrons. The molecule has 1 aliphatic rings. The Morgan fingerprint density at radius 2 is 1.63 bits per heavy atom. The second-order valence-corrected chi connectivity index (χ2v) is 6.87. The van der Waals surface area contributed by atoms with Gasteiger partial charge in [-0.25, -0.2) is 0 Å². The Balaban J connectivity index is 1.55. The summed E-state index contributed by atoms with van der Waals surface area (Å²) in [5, 5.41) is 14.1. The Bertz CT molecular complexity index is 827. The molecule has 0 saturated heterocycles. The average molecular weight is 366 g/mol. The topological polar surface area (TPSA) is 95.5 Å². The smallest absolute Gasteiger partial charge is 0.305 e. The van der Waals surface area contributed by atoms with Crippen LogP contribution in [-0.2, 0) is 16.0 Å². The third kappa shape index (κ3) is 4.94. The second kappa shape index (κ2) is 8.03. The molecule has 3 N–H and O–H groups in total. The summed E-state index contributed by atoms with van der Waals surface area (Å²) in [4.78, 5) is 35.1. The van der Waals surface area contributed by atoms with Gasteiger partial charge in [0.1, 0.15) is 0 Å². The van der Waals surface area contributed by atoms with Gasteiger partial charge in [0.15, 0.2) is 0 Å². The number of hydrogen-bond acceptors (Lipinski definition) is 3. The third-order valence-electron chi connectivity index (χ3n) is 4.75. The molecular weight excluding hydrogens is 344 g/mol. The summed E-state index contributed by atoms with van der Waals surface area (Å²) in [5.74, 6) is -1.29. The van der Waals surface area contributed by atoms with Crippen LogP contribution in [0, 0.1) is 5.41 Å². The van der Waals surface area contributed by atoms with E-state index < -0.39 is 5.97 Å². The number of amides is 2. The fourth-order valence-electron chi connectivity index (χ4n) is 2.98. The van der Waals surface area contributed by atoms with E-state index in [0.29, 0.717) is 11.3 Å². The van der Waals surface area contributed by atoms with Gasteiger partial charge >= 0.3 is 5.97 Å². The van der Waals surface area contributed by atoms with Crippen LogP contribution >= 0.6 is 0 Å². The van der Waals surface area contributed by atoms with Crippen molar-refractivity contribution in [1.29, 1.82) is 0 Å². The number of rotatable bonds is 8. The van der Waals surface area contributed by atoms with Crippen molar-refractivity contribution in [1.82, 2.24) is 5.32 Å². The molecule has 0 spiro atoms. The van der Waals surface area contributed by atoms with E-state index in [1.165, 1.54) is 0 Å². The average Bonchev–Trinajstić information content (AvgIpc) is 3.43. The van der Waals surface area contributed by atoms with Crippen LogP contribution in [0.3, 0.4) is 0 Å². The fourth-order valence-corrected chi connectivity index (χ4v) is 2.98. The van der Waals surface area contributed by atoms with Crippen LogP contribution in [0.5, 0.6) is 0 Å². The predicted molar refractivity (Wildman–Crippen MR) is 101 cm³/mol. The summed E-state index contributed by atoms with van der Waals surface area (Å²) in [6.45, 7) is 0.0780. The quantitative estimate of drug-likeness (QED) is 0.669. The number of nitrogens with one attached hydrogen (secondary N) is 2. The van der Waals surface area contributed by atoms with Gasteiger partial charge in [-0.2, -0.15) is 0 Å². The third-order valence-corrected chi connectivity index (χ3v) is 4.75. The monoisotopic (exact) mass is 366 g/mol. The Morgan fingerprint density at radius 3 is 2.22 bits per heavy atom. The van der Waals surface area contributed by atoms with Crippen molar-refractivity contribution in [2.75, 3.05) is 11.9 Å². The van der Waals surface area contributed by atoms with Crippen LogP contribution in [0.2, 0.25) is 0 Å². The first-order chi connectivity index (χ1) is 13.0. The van der Waals surface area contributed by atoms with E-state index >= 15 is 0 Å². The molecule has 0 unspecified atom stereocenters. The van der Waals surface area contributed by atoms with Gasteiger partial charge in [0.05, 0.1) is 11.8 Å². The van der Waals surface area contributed by atoms with Crippen molar-refractivity contribution in [3.63, 3.8) is 0 Å². The van der Waals surface area contributed by atoms with Crippen molar-refractivity contribution in [3.8, 4) is 0 Å². The lowest BCUT2D eigenvalue weighted by Crippen LogP contribution is -2.27. The zero-order valence-electron chi connectivity index (χ0n) is 14.9. The molecule has 2 amide bonds. The summed E-state index contributed by atoms with van der Waals surface area (Å²) in [6.07, 6.45) is 2.35. The van der Waals surface area contributed by atoms with Gasteiger partial charge in [-0.05, 0) is 49.1 Å². The van der Waals surface area contributed by atoms with Gasteiger partial charge < -0.3 is 15.7 Å². The molecule has 6 heteroatoms. The van der Waals surface area contributed by atoms with Crippen LogP contribution in [0.4, 0.5) is 5.69 Å². The van der Waals surface area contributed by atoms with Gasteiger partial charge in [0.2, 0.25) is 5.91 Å². The van der Waals surface area contributed by atoms with E-state index in [2.05, 4.69) is 10.6 Å². The summed E-state index contributed by atoms with van der Waals surface area (Å²) < 4.78 is 0. The van der Waals surface area contributed by atoms with Gasteiger partial charge in [-0.3, -0.25) is 14.4 Å². The minimum Gasteiger partial charge on any atom is -0.481 e. The second-order valence-electron chi connectivity index (χ2n) is 6.87. The zero-order valence-corrected chi connectivity index (χ0v) is 14.9. The van der Waals surface area contributed by atoms with Crippen LogP contribution in [-0.4, -0.2) is 29.4 Å². The lowest BCUT2D eigenvalue weighted by molar-refractivity contribution is -0.136. The molecule has 1 aliphatic carbocycles. The Labute approximate surface area is 157 Å². The molecule has 140 valence electrons. The molecular formula is C21H22N2O4. The van der Waals surface area contributed by atoms with Crippen LogP contribution < -0.4 is 10.6 Å². The standard InChI is InChI=1S/C21H22N2O4/c24-18(25)10-13-22-19(26)16-6-8-17(9-7-16)23-20(27)21(11-12-21)14-15-4-2-1-3-5-15/h1-9H,10-14H2,(H,22,26)(H,23,27)(H,24,25). The molecule has 1 saturated carbocycles. The maximum absolute atomic E-state index is 12.7. The highest BCUT2D eigenvalue weighted by atomic mass is 16.4. The van der Waals surface area contributed by atoms with Gasteiger partial charge in [-0.15, -0.1) is 0 Å². The van der Waals surface area contributed by atoms with Crippen molar-refractivity contribution < 1.29 is 19.5 Å². The molecule has 0 heterocycles.